The van der Waals surface area contributed by atoms with Crippen molar-refractivity contribution in [1.82, 2.24) is 19.6 Å². The number of ketones is 1. The summed E-state index contributed by atoms with van der Waals surface area (Å²) in [5, 5.41) is 4.59. The maximum atomic E-state index is 12.5. The number of hydrogen-bond acceptors (Lipinski definition) is 8. The summed E-state index contributed by atoms with van der Waals surface area (Å²) in [6.07, 6.45) is 3.11. The molecule has 1 aliphatic rings. The zero-order valence-corrected chi connectivity index (χ0v) is 17.9. The molecule has 0 spiro atoms. The van der Waals surface area contributed by atoms with Crippen LogP contribution in [0.2, 0.25) is 0 Å². The largest absolute Gasteiger partial charge is 0.493 e. The number of rotatable bonds is 5. The SMILES string of the molecule is COc1ccc(-c2nc3c4c(ncn3n2)OC(C)=C(C(C)=O)[C@@H]4c2ccco2)cc1OC. The molecule has 4 heterocycles. The maximum Gasteiger partial charge on any atom is 0.228 e. The molecular weight excluding hydrogens is 412 g/mol. The smallest absolute Gasteiger partial charge is 0.228 e. The number of methoxy groups -OCH3 is 2. The van der Waals surface area contributed by atoms with Crippen LogP contribution in [0.4, 0.5) is 0 Å². The zero-order chi connectivity index (χ0) is 22.4. The minimum Gasteiger partial charge on any atom is -0.493 e. The molecule has 9 nitrogen and oxygen atoms in total. The van der Waals surface area contributed by atoms with E-state index < -0.39 is 5.92 Å². The van der Waals surface area contributed by atoms with Gasteiger partial charge in [-0.25, -0.2) is 14.5 Å². The van der Waals surface area contributed by atoms with Crippen LogP contribution in [0, 0.1) is 0 Å². The van der Waals surface area contributed by atoms with Crippen molar-refractivity contribution < 1.29 is 23.4 Å². The summed E-state index contributed by atoms with van der Waals surface area (Å²) in [5.74, 6) is 2.48. The Morgan fingerprint density at radius 3 is 2.66 bits per heavy atom. The van der Waals surface area contributed by atoms with Crippen molar-refractivity contribution >= 4 is 11.4 Å². The molecule has 162 valence electrons. The van der Waals surface area contributed by atoms with Crippen LogP contribution in [-0.2, 0) is 4.79 Å². The molecule has 0 amide bonds. The lowest BCUT2D eigenvalue weighted by atomic mass is 9.85. The molecule has 5 rings (SSSR count). The predicted molar refractivity (Wildman–Crippen MR) is 114 cm³/mol. The predicted octanol–water partition coefficient (Wildman–Crippen LogP) is 3.79. The number of fused-ring (bicyclic) bond motifs is 3. The Morgan fingerprint density at radius 2 is 1.97 bits per heavy atom. The minimum atomic E-state index is -0.509. The van der Waals surface area contributed by atoms with Crippen LogP contribution < -0.4 is 14.2 Å². The lowest BCUT2D eigenvalue weighted by molar-refractivity contribution is -0.114. The molecule has 32 heavy (non-hydrogen) atoms. The van der Waals surface area contributed by atoms with E-state index in [0.717, 1.165) is 5.56 Å². The van der Waals surface area contributed by atoms with Crippen LogP contribution in [0.5, 0.6) is 17.4 Å². The van der Waals surface area contributed by atoms with Gasteiger partial charge in [0.25, 0.3) is 0 Å². The third-order valence-corrected chi connectivity index (χ3v) is 5.44. The molecule has 1 aromatic carbocycles. The summed E-state index contributed by atoms with van der Waals surface area (Å²) in [5.41, 5.74) is 2.38. The lowest BCUT2D eigenvalue weighted by Gasteiger charge is -2.26. The summed E-state index contributed by atoms with van der Waals surface area (Å²) in [7, 11) is 3.15. The van der Waals surface area contributed by atoms with Crippen molar-refractivity contribution in [3.8, 4) is 28.8 Å². The number of furan rings is 1. The molecule has 0 saturated carbocycles. The molecule has 0 fully saturated rings. The maximum absolute atomic E-state index is 12.5. The molecule has 0 bridgehead atoms. The summed E-state index contributed by atoms with van der Waals surface area (Å²) in [6, 6.07) is 9.05. The van der Waals surface area contributed by atoms with E-state index in [0.29, 0.717) is 51.5 Å². The number of Topliss-reactive ketones (excluding diaryl/α,β-unsaturated/α-hetero) is 1. The highest BCUT2D eigenvalue weighted by Crippen LogP contribution is 2.44. The van der Waals surface area contributed by atoms with E-state index in [-0.39, 0.29) is 5.78 Å². The number of aromatic nitrogens is 4. The van der Waals surface area contributed by atoms with Gasteiger partial charge in [-0.3, -0.25) is 4.79 Å². The Hall–Kier alpha value is -4.14. The van der Waals surface area contributed by atoms with Gasteiger partial charge in [0, 0.05) is 11.1 Å². The first kappa shape index (κ1) is 19.8. The monoisotopic (exact) mass is 432 g/mol. The lowest BCUT2D eigenvalue weighted by Crippen LogP contribution is -2.21. The molecule has 4 aromatic rings. The fraction of sp³-hybridized carbons (Fsp3) is 0.217. The number of allylic oxidation sites excluding steroid dienone is 2. The Labute approximate surface area is 183 Å². The first-order valence-electron chi connectivity index (χ1n) is 9.92. The van der Waals surface area contributed by atoms with E-state index in [2.05, 4.69) is 10.1 Å². The fourth-order valence-electron chi connectivity index (χ4n) is 4.03. The van der Waals surface area contributed by atoms with Crippen molar-refractivity contribution in [2.45, 2.75) is 19.8 Å². The van der Waals surface area contributed by atoms with Gasteiger partial charge in [0.05, 0.1) is 32.0 Å². The molecule has 0 unspecified atom stereocenters. The highest BCUT2D eigenvalue weighted by atomic mass is 16.5. The van der Waals surface area contributed by atoms with E-state index >= 15 is 0 Å². The van der Waals surface area contributed by atoms with Gasteiger partial charge < -0.3 is 18.6 Å². The number of benzene rings is 1. The van der Waals surface area contributed by atoms with Gasteiger partial charge in [-0.2, -0.15) is 0 Å². The highest BCUT2D eigenvalue weighted by Gasteiger charge is 2.37. The van der Waals surface area contributed by atoms with Crippen LogP contribution in [0.25, 0.3) is 17.0 Å². The van der Waals surface area contributed by atoms with Gasteiger partial charge in [-0.15, -0.1) is 5.10 Å². The number of carbonyl (C=O) groups excluding carboxylic acids is 1. The highest BCUT2D eigenvalue weighted by molar-refractivity contribution is 5.97. The van der Waals surface area contributed by atoms with Crippen LogP contribution in [0.15, 0.2) is 58.7 Å². The number of hydrogen-bond donors (Lipinski definition) is 0. The van der Waals surface area contributed by atoms with Crippen LogP contribution in [0.1, 0.15) is 31.1 Å². The van der Waals surface area contributed by atoms with Crippen molar-refractivity contribution in [3.05, 3.63) is 65.6 Å². The average molecular weight is 432 g/mol. The van der Waals surface area contributed by atoms with Crippen LogP contribution >= 0.6 is 0 Å². The van der Waals surface area contributed by atoms with Crippen LogP contribution in [-0.4, -0.2) is 39.6 Å². The Kier molecular flexibility index (Phi) is 4.66. The molecule has 1 atom stereocenters. The Morgan fingerprint density at radius 1 is 1.16 bits per heavy atom. The van der Waals surface area contributed by atoms with Gasteiger partial charge in [0.1, 0.15) is 17.8 Å². The molecule has 1 aliphatic heterocycles. The van der Waals surface area contributed by atoms with Gasteiger partial charge in [-0.1, -0.05) is 0 Å². The summed E-state index contributed by atoms with van der Waals surface area (Å²) < 4.78 is 23.9. The molecule has 9 heteroatoms. The number of ether oxygens (including phenoxy) is 3. The van der Waals surface area contributed by atoms with E-state index in [9.17, 15) is 4.79 Å². The summed E-state index contributed by atoms with van der Waals surface area (Å²) in [4.78, 5) is 21.7. The van der Waals surface area contributed by atoms with Gasteiger partial charge in [0.15, 0.2) is 28.8 Å². The number of carbonyl (C=O) groups is 1. The van der Waals surface area contributed by atoms with E-state index in [4.69, 9.17) is 23.6 Å². The van der Waals surface area contributed by atoms with E-state index in [1.165, 1.54) is 13.3 Å². The minimum absolute atomic E-state index is 0.115. The fourth-order valence-corrected chi connectivity index (χ4v) is 4.03. The molecule has 3 aromatic heterocycles. The van der Waals surface area contributed by atoms with Crippen molar-refractivity contribution in [2.24, 2.45) is 0 Å². The Bertz CT molecular complexity index is 1370. The van der Waals surface area contributed by atoms with Gasteiger partial charge in [0.2, 0.25) is 5.88 Å². The Balaban J connectivity index is 1.72. The van der Waals surface area contributed by atoms with Crippen molar-refractivity contribution in [2.75, 3.05) is 14.2 Å². The molecule has 0 radical (unpaired) electrons. The average Bonchev–Trinajstić information content (AvgIpc) is 3.47. The normalized spacial score (nSPS) is 15.4. The first-order valence-corrected chi connectivity index (χ1v) is 9.92. The second-order valence-electron chi connectivity index (χ2n) is 7.31. The van der Waals surface area contributed by atoms with Gasteiger partial charge in [-0.05, 0) is 44.2 Å². The van der Waals surface area contributed by atoms with Crippen molar-refractivity contribution in [1.29, 1.82) is 0 Å². The zero-order valence-electron chi connectivity index (χ0n) is 17.9. The van der Waals surface area contributed by atoms with Gasteiger partial charge >= 0.3 is 0 Å². The molecule has 0 N–H and O–H groups in total. The second-order valence-corrected chi connectivity index (χ2v) is 7.31. The summed E-state index contributed by atoms with van der Waals surface area (Å²) >= 11 is 0. The number of nitrogens with zero attached hydrogens (tertiary/aromatic N) is 4. The molecular formula is C23H20N4O5. The quantitative estimate of drug-likeness (QED) is 0.470. The standard InChI is InChI=1S/C23H20N4O5/c1-12(28)18-13(2)32-23-20(19(18)16-6-5-9-31-16)22-25-21(26-27(22)11-24-23)14-7-8-15(29-3)17(10-14)30-4/h5-11,19H,1-4H3/t19-/m0/s1. The molecule has 0 saturated heterocycles. The van der Waals surface area contributed by atoms with E-state index in [1.54, 1.807) is 50.1 Å². The molecule has 0 aliphatic carbocycles. The summed E-state index contributed by atoms with van der Waals surface area (Å²) in [6.45, 7) is 3.26. The van der Waals surface area contributed by atoms with Crippen LogP contribution in [0.3, 0.4) is 0 Å². The third-order valence-electron chi connectivity index (χ3n) is 5.44. The topological polar surface area (TPSA) is 101 Å². The van der Waals surface area contributed by atoms with Crippen molar-refractivity contribution in [3.63, 3.8) is 0 Å². The first-order chi connectivity index (χ1) is 15.5. The van der Waals surface area contributed by atoms with E-state index in [1.807, 2.05) is 12.1 Å². The second kappa shape index (κ2) is 7.52. The third kappa shape index (κ3) is 3.01.